The number of amides is 1. The maximum Gasteiger partial charge on any atom is 0.265 e. The Morgan fingerprint density at radius 1 is 0.895 bits per heavy atom. The highest BCUT2D eigenvalue weighted by atomic mass is 16.2. The van der Waals surface area contributed by atoms with Crippen molar-refractivity contribution in [3.8, 4) is 0 Å². The Bertz CT molecular complexity index is 497. The van der Waals surface area contributed by atoms with Gasteiger partial charge in [0.15, 0.2) is 0 Å². The van der Waals surface area contributed by atoms with Gasteiger partial charge in [0.05, 0.1) is 0 Å². The van der Waals surface area contributed by atoms with Gasteiger partial charge in [-0.05, 0) is 30.5 Å². The van der Waals surface area contributed by atoms with E-state index in [-0.39, 0.29) is 5.91 Å². The lowest BCUT2D eigenvalue weighted by molar-refractivity contribution is 0.0933. The summed E-state index contributed by atoms with van der Waals surface area (Å²) in [5, 5.41) is 0. The van der Waals surface area contributed by atoms with Crippen LogP contribution >= 0.6 is 0 Å². The zero-order valence-corrected chi connectivity index (χ0v) is 10.8. The lowest BCUT2D eigenvalue weighted by Gasteiger charge is -2.07. The van der Waals surface area contributed by atoms with Crippen LogP contribution in [0, 0.1) is 0 Å². The van der Waals surface area contributed by atoms with Gasteiger partial charge in [-0.1, -0.05) is 48.5 Å². The molecule has 0 saturated carbocycles. The molecule has 19 heavy (non-hydrogen) atoms. The Morgan fingerprint density at radius 2 is 1.53 bits per heavy atom. The third kappa shape index (κ3) is 4.56. The number of aryl methyl sites for hydroxylation is 1. The molecule has 0 radical (unpaired) electrons. The molecule has 0 bridgehead atoms. The molecular formula is C16H18N2O. The van der Waals surface area contributed by atoms with Gasteiger partial charge < -0.3 is 0 Å². The maximum absolute atomic E-state index is 11.7. The van der Waals surface area contributed by atoms with E-state index < -0.39 is 0 Å². The molecule has 1 amide bonds. The molecule has 0 heterocycles. The van der Waals surface area contributed by atoms with E-state index in [0.29, 0.717) is 5.56 Å². The number of carbonyl (C=O) groups is 1. The van der Waals surface area contributed by atoms with E-state index >= 15 is 0 Å². The number of benzene rings is 2. The van der Waals surface area contributed by atoms with Crippen LogP contribution in [-0.2, 0) is 6.42 Å². The summed E-state index contributed by atoms with van der Waals surface area (Å²) in [6.45, 7) is 0.757. The van der Waals surface area contributed by atoms with Crippen LogP contribution in [0.1, 0.15) is 22.3 Å². The van der Waals surface area contributed by atoms with Crippen LogP contribution in [0.3, 0.4) is 0 Å². The van der Waals surface area contributed by atoms with Crippen LogP contribution in [-0.4, -0.2) is 12.5 Å². The summed E-state index contributed by atoms with van der Waals surface area (Å²) in [6.07, 6.45) is 1.99. The molecule has 2 aromatic rings. The molecule has 0 atom stereocenters. The summed E-state index contributed by atoms with van der Waals surface area (Å²) < 4.78 is 0. The first-order valence-electron chi connectivity index (χ1n) is 6.48. The maximum atomic E-state index is 11.7. The van der Waals surface area contributed by atoms with Crippen LogP contribution in [0.25, 0.3) is 0 Å². The van der Waals surface area contributed by atoms with E-state index in [2.05, 4.69) is 23.0 Å². The fourth-order valence-electron chi connectivity index (χ4n) is 1.83. The quantitative estimate of drug-likeness (QED) is 0.614. The van der Waals surface area contributed by atoms with Crippen LogP contribution in [0.2, 0.25) is 0 Å². The smallest absolute Gasteiger partial charge is 0.265 e. The van der Waals surface area contributed by atoms with Crippen molar-refractivity contribution in [1.29, 1.82) is 0 Å². The van der Waals surface area contributed by atoms with E-state index in [1.807, 2.05) is 36.4 Å². The van der Waals surface area contributed by atoms with Crippen LogP contribution in [0.15, 0.2) is 60.7 Å². The molecule has 2 rings (SSSR count). The molecule has 3 heteroatoms. The summed E-state index contributed by atoms with van der Waals surface area (Å²) in [6, 6.07) is 19.5. The largest absolute Gasteiger partial charge is 0.287 e. The van der Waals surface area contributed by atoms with Crippen molar-refractivity contribution >= 4 is 5.91 Å². The number of hydrogen-bond acceptors (Lipinski definition) is 2. The Hall–Kier alpha value is -2.13. The second-order valence-corrected chi connectivity index (χ2v) is 4.34. The van der Waals surface area contributed by atoms with Gasteiger partial charge in [-0.2, -0.15) is 0 Å². The molecule has 0 fully saturated rings. The van der Waals surface area contributed by atoms with Crippen LogP contribution in [0.5, 0.6) is 0 Å². The van der Waals surface area contributed by atoms with E-state index in [4.69, 9.17) is 0 Å². The van der Waals surface area contributed by atoms with E-state index in [0.717, 1.165) is 19.4 Å². The fourth-order valence-corrected chi connectivity index (χ4v) is 1.83. The van der Waals surface area contributed by atoms with E-state index in [1.54, 1.807) is 12.1 Å². The van der Waals surface area contributed by atoms with Crippen molar-refractivity contribution in [2.75, 3.05) is 6.54 Å². The van der Waals surface area contributed by atoms with E-state index in [9.17, 15) is 4.79 Å². The molecule has 0 saturated heterocycles. The molecular weight excluding hydrogens is 236 g/mol. The molecule has 0 aliphatic heterocycles. The predicted octanol–water partition coefficient (Wildman–Crippen LogP) is 2.55. The van der Waals surface area contributed by atoms with Gasteiger partial charge >= 0.3 is 0 Å². The molecule has 2 aromatic carbocycles. The predicted molar refractivity (Wildman–Crippen MR) is 76.7 cm³/mol. The minimum absolute atomic E-state index is 0.0969. The SMILES string of the molecule is O=C(NNCCCc1ccccc1)c1ccccc1. The molecule has 98 valence electrons. The molecule has 2 N–H and O–H groups in total. The highest BCUT2D eigenvalue weighted by molar-refractivity contribution is 5.93. The van der Waals surface area contributed by atoms with Gasteiger partial charge in [0.2, 0.25) is 0 Å². The Morgan fingerprint density at radius 3 is 2.21 bits per heavy atom. The Kier molecular flexibility index (Phi) is 5.14. The molecule has 0 spiro atoms. The monoisotopic (exact) mass is 254 g/mol. The highest BCUT2D eigenvalue weighted by Crippen LogP contribution is 2.01. The average Bonchev–Trinajstić information content (AvgIpc) is 2.49. The molecule has 0 aliphatic rings. The second-order valence-electron chi connectivity index (χ2n) is 4.34. The summed E-state index contributed by atoms with van der Waals surface area (Å²) in [5.41, 5.74) is 7.63. The van der Waals surface area contributed by atoms with Gasteiger partial charge in [-0.3, -0.25) is 10.2 Å². The van der Waals surface area contributed by atoms with Gasteiger partial charge in [-0.25, -0.2) is 5.43 Å². The third-order valence-corrected chi connectivity index (χ3v) is 2.85. The van der Waals surface area contributed by atoms with Gasteiger partial charge in [0.1, 0.15) is 0 Å². The van der Waals surface area contributed by atoms with Crippen molar-refractivity contribution in [3.63, 3.8) is 0 Å². The first kappa shape index (κ1) is 13.3. The van der Waals surface area contributed by atoms with Gasteiger partial charge in [0, 0.05) is 12.1 Å². The topological polar surface area (TPSA) is 41.1 Å². The molecule has 0 aliphatic carbocycles. The van der Waals surface area contributed by atoms with E-state index in [1.165, 1.54) is 5.56 Å². The zero-order valence-electron chi connectivity index (χ0n) is 10.8. The molecule has 0 unspecified atom stereocenters. The first-order valence-corrected chi connectivity index (χ1v) is 6.48. The van der Waals surface area contributed by atoms with Crippen molar-refractivity contribution < 1.29 is 4.79 Å². The normalized spacial score (nSPS) is 10.1. The summed E-state index contributed by atoms with van der Waals surface area (Å²) in [7, 11) is 0. The number of rotatable bonds is 6. The van der Waals surface area contributed by atoms with Crippen molar-refractivity contribution in [2.45, 2.75) is 12.8 Å². The summed E-state index contributed by atoms with van der Waals surface area (Å²) >= 11 is 0. The minimum atomic E-state index is -0.0969. The highest BCUT2D eigenvalue weighted by Gasteiger charge is 2.02. The zero-order chi connectivity index (χ0) is 13.3. The average molecular weight is 254 g/mol. The van der Waals surface area contributed by atoms with Crippen LogP contribution < -0.4 is 10.9 Å². The lowest BCUT2D eigenvalue weighted by Crippen LogP contribution is -2.38. The third-order valence-electron chi connectivity index (χ3n) is 2.85. The number of hydrogen-bond donors (Lipinski definition) is 2. The first-order chi connectivity index (χ1) is 9.36. The van der Waals surface area contributed by atoms with Gasteiger partial charge in [-0.15, -0.1) is 0 Å². The molecule has 0 aromatic heterocycles. The Labute approximate surface area is 113 Å². The summed E-state index contributed by atoms with van der Waals surface area (Å²) in [5.74, 6) is -0.0969. The molecule has 3 nitrogen and oxygen atoms in total. The Balaban J connectivity index is 1.63. The van der Waals surface area contributed by atoms with Gasteiger partial charge in [0.25, 0.3) is 5.91 Å². The lowest BCUT2D eigenvalue weighted by atomic mass is 10.1. The fraction of sp³-hybridized carbons (Fsp3) is 0.188. The van der Waals surface area contributed by atoms with Crippen molar-refractivity contribution in [1.82, 2.24) is 10.9 Å². The van der Waals surface area contributed by atoms with Crippen LogP contribution in [0.4, 0.5) is 0 Å². The summed E-state index contributed by atoms with van der Waals surface area (Å²) in [4.78, 5) is 11.7. The number of hydrazine groups is 1. The standard InChI is InChI=1S/C16H18N2O/c19-16(15-11-5-2-6-12-15)18-17-13-7-10-14-8-3-1-4-9-14/h1-6,8-9,11-12,17H,7,10,13H2,(H,18,19). The van der Waals surface area contributed by atoms with Crippen molar-refractivity contribution in [3.05, 3.63) is 71.8 Å². The number of carbonyl (C=O) groups excluding carboxylic acids is 1. The minimum Gasteiger partial charge on any atom is -0.287 e. The van der Waals surface area contributed by atoms with Crippen molar-refractivity contribution in [2.24, 2.45) is 0 Å². The second kappa shape index (κ2) is 7.34. The number of nitrogens with one attached hydrogen (secondary N) is 2.